The summed E-state index contributed by atoms with van der Waals surface area (Å²) in [5.41, 5.74) is 2.60. The molecule has 1 unspecified atom stereocenters. The summed E-state index contributed by atoms with van der Waals surface area (Å²) in [4.78, 5) is 0. The molecule has 1 aliphatic rings. The van der Waals surface area contributed by atoms with Gasteiger partial charge in [0.2, 0.25) is 0 Å². The van der Waals surface area contributed by atoms with Crippen molar-refractivity contribution >= 4 is 0 Å². The third-order valence-electron chi connectivity index (χ3n) is 3.19. The topological polar surface area (TPSA) is 30.5 Å². The Hall–Kier alpha value is -1.06. The number of rotatable bonds is 4. The fraction of sp³-hybridized carbons (Fsp3) is 0.571. The molecular weight excluding hydrogens is 214 g/mol. The molecule has 0 amide bonds. The Labute approximate surface area is 103 Å². The molecule has 0 spiro atoms. The molecule has 1 N–H and O–H groups in total. The minimum Gasteiger partial charge on any atom is -0.496 e. The van der Waals surface area contributed by atoms with Crippen LogP contribution < -0.4 is 10.1 Å². The molecule has 0 radical (unpaired) electrons. The second-order valence-corrected chi connectivity index (χ2v) is 4.40. The van der Waals surface area contributed by atoms with Crippen molar-refractivity contribution in [3.05, 3.63) is 29.3 Å². The zero-order valence-electron chi connectivity index (χ0n) is 10.7. The van der Waals surface area contributed by atoms with Crippen LogP contribution in [0.15, 0.2) is 18.2 Å². The van der Waals surface area contributed by atoms with Gasteiger partial charge in [-0.1, -0.05) is 19.1 Å². The quantitative estimate of drug-likeness (QED) is 0.863. The number of morpholine rings is 1. The van der Waals surface area contributed by atoms with Gasteiger partial charge in [0.15, 0.2) is 0 Å². The van der Waals surface area contributed by atoms with Crippen LogP contribution in [0.4, 0.5) is 0 Å². The lowest BCUT2D eigenvalue weighted by molar-refractivity contribution is 0.0292. The summed E-state index contributed by atoms with van der Waals surface area (Å²) in [6.07, 6.45) is 2.28. The van der Waals surface area contributed by atoms with Crippen LogP contribution in [0.2, 0.25) is 0 Å². The average Bonchev–Trinajstić information content (AvgIpc) is 2.40. The Balaban J connectivity index is 2.05. The largest absolute Gasteiger partial charge is 0.496 e. The molecule has 1 fully saturated rings. The van der Waals surface area contributed by atoms with Gasteiger partial charge in [-0.25, -0.2) is 0 Å². The number of benzene rings is 1. The van der Waals surface area contributed by atoms with E-state index in [1.54, 1.807) is 7.11 Å². The summed E-state index contributed by atoms with van der Waals surface area (Å²) in [6.45, 7) is 4.90. The molecule has 3 nitrogen and oxygen atoms in total. The van der Waals surface area contributed by atoms with Crippen molar-refractivity contribution in [2.75, 3.05) is 26.8 Å². The van der Waals surface area contributed by atoms with Crippen molar-refractivity contribution in [1.82, 2.24) is 5.32 Å². The van der Waals surface area contributed by atoms with Crippen LogP contribution >= 0.6 is 0 Å². The lowest BCUT2D eigenvalue weighted by Gasteiger charge is -2.24. The van der Waals surface area contributed by atoms with Gasteiger partial charge < -0.3 is 14.8 Å². The first-order chi connectivity index (χ1) is 8.33. The highest BCUT2D eigenvalue weighted by Crippen LogP contribution is 2.21. The number of ether oxygens (including phenoxy) is 2. The van der Waals surface area contributed by atoms with Crippen molar-refractivity contribution < 1.29 is 9.47 Å². The SMILES string of the molecule is CCc1cc(CC2CNCCO2)ccc1OC. The van der Waals surface area contributed by atoms with Gasteiger partial charge in [0.25, 0.3) is 0 Å². The van der Waals surface area contributed by atoms with E-state index in [0.717, 1.165) is 38.3 Å². The van der Waals surface area contributed by atoms with Gasteiger partial charge >= 0.3 is 0 Å². The zero-order valence-corrected chi connectivity index (χ0v) is 10.7. The minimum absolute atomic E-state index is 0.307. The van der Waals surface area contributed by atoms with E-state index in [0.29, 0.717) is 6.10 Å². The van der Waals surface area contributed by atoms with Gasteiger partial charge in [0.05, 0.1) is 19.8 Å². The van der Waals surface area contributed by atoms with Crippen LogP contribution in [0.3, 0.4) is 0 Å². The van der Waals surface area contributed by atoms with Crippen molar-refractivity contribution in [2.24, 2.45) is 0 Å². The van der Waals surface area contributed by atoms with Crippen molar-refractivity contribution in [3.8, 4) is 5.75 Å². The van der Waals surface area contributed by atoms with Crippen LogP contribution in [0.5, 0.6) is 5.75 Å². The molecule has 1 aromatic rings. The molecule has 0 aromatic heterocycles. The number of aryl methyl sites for hydroxylation is 1. The molecule has 0 bridgehead atoms. The second kappa shape index (κ2) is 6.03. The summed E-state index contributed by atoms with van der Waals surface area (Å²) in [6, 6.07) is 6.43. The molecule has 3 heteroatoms. The molecule has 17 heavy (non-hydrogen) atoms. The Morgan fingerprint density at radius 3 is 3.00 bits per heavy atom. The summed E-state index contributed by atoms with van der Waals surface area (Å²) in [5.74, 6) is 0.985. The van der Waals surface area contributed by atoms with Crippen molar-refractivity contribution in [3.63, 3.8) is 0 Å². The summed E-state index contributed by atoms with van der Waals surface area (Å²) >= 11 is 0. The lowest BCUT2D eigenvalue weighted by Crippen LogP contribution is -2.39. The fourth-order valence-electron chi connectivity index (χ4n) is 2.25. The van der Waals surface area contributed by atoms with Gasteiger partial charge in [0, 0.05) is 13.1 Å². The molecule has 1 aliphatic heterocycles. The maximum absolute atomic E-state index is 5.72. The molecule has 1 aromatic carbocycles. The van der Waals surface area contributed by atoms with Gasteiger partial charge in [0.1, 0.15) is 5.75 Å². The first kappa shape index (κ1) is 12.4. The average molecular weight is 235 g/mol. The first-order valence-corrected chi connectivity index (χ1v) is 6.31. The zero-order chi connectivity index (χ0) is 12.1. The highest BCUT2D eigenvalue weighted by molar-refractivity contribution is 5.37. The number of hydrogen-bond donors (Lipinski definition) is 1. The first-order valence-electron chi connectivity index (χ1n) is 6.31. The third-order valence-corrected chi connectivity index (χ3v) is 3.19. The molecule has 94 valence electrons. The van der Waals surface area contributed by atoms with Crippen molar-refractivity contribution in [2.45, 2.75) is 25.9 Å². The summed E-state index contributed by atoms with van der Waals surface area (Å²) in [5, 5.41) is 3.36. The van der Waals surface area contributed by atoms with E-state index in [1.165, 1.54) is 11.1 Å². The normalized spacial score (nSPS) is 20.2. The van der Waals surface area contributed by atoms with Gasteiger partial charge in [-0.2, -0.15) is 0 Å². The Morgan fingerprint density at radius 2 is 2.35 bits per heavy atom. The summed E-state index contributed by atoms with van der Waals surface area (Å²) in [7, 11) is 1.72. The predicted molar refractivity (Wildman–Crippen MR) is 68.7 cm³/mol. The summed E-state index contributed by atoms with van der Waals surface area (Å²) < 4.78 is 11.1. The maximum atomic E-state index is 5.72. The Kier molecular flexibility index (Phi) is 4.40. The Morgan fingerprint density at radius 1 is 1.47 bits per heavy atom. The highest BCUT2D eigenvalue weighted by atomic mass is 16.5. The van der Waals surface area contributed by atoms with E-state index < -0.39 is 0 Å². The smallest absolute Gasteiger partial charge is 0.122 e. The predicted octanol–water partition coefficient (Wildman–Crippen LogP) is 1.79. The van der Waals surface area contributed by atoms with Gasteiger partial charge in [-0.15, -0.1) is 0 Å². The Bertz CT molecular complexity index is 359. The molecular formula is C14H21NO2. The van der Waals surface area contributed by atoms with Crippen LogP contribution in [-0.2, 0) is 17.6 Å². The molecule has 0 aliphatic carbocycles. The van der Waals surface area contributed by atoms with E-state index in [4.69, 9.17) is 9.47 Å². The number of nitrogens with one attached hydrogen (secondary N) is 1. The van der Waals surface area contributed by atoms with Crippen LogP contribution in [-0.4, -0.2) is 32.9 Å². The number of methoxy groups -OCH3 is 1. The number of hydrogen-bond acceptors (Lipinski definition) is 3. The minimum atomic E-state index is 0.307. The van der Waals surface area contributed by atoms with Crippen LogP contribution in [0.1, 0.15) is 18.1 Å². The van der Waals surface area contributed by atoms with E-state index in [1.807, 2.05) is 0 Å². The molecule has 1 saturated heterocycles. The van der Waals surface area contributed by atoms with E-state index in [-0.39, 0.29) is 0 Å². The van der Waals surface area contributed by atoms with Crippen LogP contribution in [0, 0.1) is 0 Å². The van der Waals surface area contributed by atoms with E-state index >= 15 is 0 Å². The van der Waals surface area contributed by atoms with Crippen LogP contribution in [0.25, 0.3) is 0 Å². The van der Waals surface area contributed by atoms with Gasteiger partial charge in [-0.05, 0) is 30.0 Å². The fourth-order valence-corrected chi connectivity index (χ4v) is 2.25. The maximum Gasteiger partial charge on any atom is 0.122 e. The molecule has 1 heterocycles. The third kappa shape index (κ3) is 3.20. The lowest BCUT2D eigenvalue weighted by atomic mass is 10.0. The standard InChI is InChI=1S/C14H21NO2/c1-3-12-8-11(4-5-14(12)16-2)9-13-10-15-6-7-17-13/h4-5,8,13,15H,3,6-7,9-10H2,1-2H3. The van der Waals surface area contributed by atoms with Gasteiger partial charge in [-0.3, -0.25) is 0 Å². The van der Waals surface area contributed by atoms with Crippen molar-refractivity contribution in [1.29, 1.82) is 0 Å². The molecule has 2 rings (SSSR count). The van der Waals surface area contributed by atoms with E-state index in [2.05, 4.69) is 30.4 Å². The highest BCUT2D eigenvalue weighted by Gasteiger charge is 2.14. The molecule has 0 saturated carbocycles. The second-order valence-electron chi connectivity index (χ2n) is 4.40. The monoisotopic (exact) mass is 235 g/mol. The van der Waals surface area contributed by atoms with E-state index in [9.17, 15) is 0 Å². The molecule has 1 atom stereocenters.